The number of hydrogen-bond donors (Lipinski definition) is 3. The molecule has 23 heavy (non-hydrogen) atoms. The van der Waals surface area contributed by atoms with Crippen molar-refractivity contribution in [2.45, 2.75) is 38.6 Å². The highest BCUT2D eigenvalue weighted by molar-refractivity contribution is 5.89. The number of aromatic carboxylic acids is 1. The van der Waals surface area contributed by atoms with Gasteiger partial charge in [-0.2, -0.15) is 0 Å². The molecule has 6 heteroatoms. The Morgan fingerprint density at radius 3 is 2.65 bits per heavy atom. The van der Waals surface area contributed by atoms with Crippen LogP contribution in [0.2, 0.25) is 0 Å². The van der Waals surface area contributed by atoms with Crippen molar-refractivity contribution in [3.8, 4) is 0 Å². The maximum Gasteiger partial charge on any atom is 0.336 e. The normalized spacial score (nSPS) is 25.0. The molecule has 2 rings (SSSR count). The quantitative estimate of drug-likeness (QED) is 0.722. The molecule has 3 atom stereocenters. The summed E-state index contributed by atoms with van der Waals surface area (Å²) in [5.74, 6) is -0.635. The van der Waals surface area contributed by atoms with E-state index in [1.54, 1.807) is 24.3 Å². The fourth-order valence-corrected chi connectivity index (χ4v) is 2.96. The second kappa shape index (κ2) is 7.88. The Kier molecular flexibility index (Phi) is 6.12. The molecule has 0 bridgehead atoms. The molecule has 0 saturated carbocycles. The standard InChI is InChI=1S/C17H25NO5/c1-11(2)7-18(14-9-23-10-15(19)16(14)20)8-12-5-3-4-6-13(12)17(21)22/h3-6,11,14-16,19-20H,7-10H2,1-2H3,(H,21,22)/t14-,15-,16+/m1/s1. The molecule has 0 amide bonds. The van der Waals surface area contributed by atoms with E-state index in [4.69, 9.17) is 4.74 Å². The molecule has 1 aliphatic rings. The second-order valence-corrected chi connectivity index (χ2v) is 6.45. The summed E-state index contributed by atoms with van der Waals surface area (Å²) in [4.78, 5) is 13.4. The molecule has 1 fully saturated rings. The lowest BCUT2D eigenvalue weighted by molar-refractivity contribution is -0.135. The van der Waals surface area contributed by atoms with Crippen molar-refractivity contribution in [1.29, 1.82) is 0 Å². The van der Waals surface area contributed by atoms with E-state index in [0.717, 1.165) is 0 Å². The Hall–Kier alpha value is -1.47. The number of benzene rings is 1. The van der Waals surface area contributed by atoms with Gasteiger partial charge in [0.15, 0.2) is 0 Å². The molecule has 6 nitrogen and oxygen atoms in total. The van der Waals surface area contributed by atoms with Gasteiger partial charge in [0.1, 0.15) is 6.10 Å². The van der Waals surface area contributed by atoms with Crippen LogP contribution in [0, 0.1) is 5.92 Å². The fourth-order valence-electron chi connectivity index (χ4n) is 2.96. The molecule has 0 aromatic heterocycles. The molecule has 1 saturated heterocycles. The Labute approximate surface area is 136 Å². The van der Waals surface area contributed by atoms with Gasteiger partial charge in [-0.15, -0.1) is 0 Å². The van der Waals surface area contributed by atoms with Crippen molar-refractivity contribution >= 4 is 5.97 Å². The van der Waals surface area contributed by atoms with Gasteiger partial charge in [-0.25, -0.2) is 4.79 Å². The largest absolute Gasteiger partial charge is 0.478 e. The zero-order valence-corrected chi connectivity index (χ0v) is 13.6. The lowest BCUT2D eigenvalue weighted by Gasteiger charge is -2.40. The van der Waals surface area contributed by atoms with Gasteiger partial charge in [0, 0.05) is 13.1 Å². The van der Waals surface area contributed by atoms with Crippen LogP contribution in [0.5, 0.6) is 0 Å². The SMILES string of the molecule is CC(C)CN(Cc1ccccc1C(=O)O)[C@@H]1COC[C@@H](O)[C@H]1O. The first kappa shape index (κ1) is 17.9. The van der Waals surface area contributed by atoms with Crippen LogP contribution >= 0.6 is 0 Å². The third-order valence-corrected chi connectivity index (χ3v) is 4.06. The van der Waals surface area contributed by atoms with Crippen molar-refractivity contribution in [1.82, 2.24) is 4.90 Å². The molecule has 1 aromatic rings. The number of nitrogens with zero attached hydrogens (tertiary/aromatic N) is 1. The highest BCUT2D eigenvalue weighted by atomic mass is 16.5. The molecule has 0 spiro atoms. The van der Waals surface area contributed by atoms with Crippen LogP contribution in [0.25, 0.3) is 0 Å². The number of ether oxygens (including phenoxy) is 1. The van der Waals surface area contributed by atoms with Crippen LogP contribution in [0.4, 0.5) is 0 Å². The molecule has 1 heterocycles. The van der Waals surface area contributed by atoms with Crippen molar-refractivity contribution in [2.24, 2.45) is 5.92 Å². The summed E-state index contributed by atoms with van der Waals surface area (Å²) in [5.41, 5.74) is 0.945. The lowest BCUT2D eigenvalue weighted by atomic mass is 9.99. The smallest absolute Gasteiger partial charge is 0.336 e. The monoisotopic (exact) mass is 323 g/mol. The van der Waals surface area contributed by atoms with Crippen molar-refractivity contribution in [3.05, 3.63) is 35.4 Å². The van der Waals surface area contributed by atoms with E-state index in [2.05, 4.69) is 13.8 Å². The van der Waals surface area contributed by atoms with E-state index in [9.17, 15) is 20.1 Å². The lowest BCUT2D eigenvalue weighted by Crippen LogP contribution is -2.56. The fraction of sp³-hybridized carbons (Fsp3) is 0.588. The summed E-state index contributed by atoms with van der Waals surface area (Å²) < 4.78 is 5.37. The van der Waals surface area contributed by atoms with E-state index in [1.165, 1.54) is 0 Å². The summed E-state index contributed by atoms with van der Waals surface area (Å²) in [7, 11) is 0. The molecule has 0 unspecified atom stereocenters. The van der Waals surface area contributed by atoms with E-state index in [0.29, 0.717) is 31.2 Å². The molecular formula is C17H25NO5. The predicted octanol–water partition coefficient (Wildman–Crippen LogP) is 0.963. The van der Waals surface area contributed by atoms with Crippen molar-refractivity contribution in [3.63, 3.8) is 0 Å². The van der Waals surface area contributed by atoms with Crippen LogP contribution in [0.1, 0.15) is 29.8 Å². The Morgan fingerprint density at radius 2 is 2.00 bits per heavy atom. The van der Waals surface area contributed by atoms with Crippen LogP contribution in [-0.4, -0.2) is 64.2 Å². The molecule has 0 aliphatic carbocycles. The summed E-state index contributed by atoms with van der Waals surface area (Å²) >= 11 is 0. The summed E-state index contributed by atoms with van der Waals surface area (Å²) in [6.45, 7) is 5.62. The van der Waals surface area contributed by atoms with E-state index in [1.807, 2.05) is 4.90 Å². The zero-order valence-electron chi connectivity index (χ0n) is 13.6. The average Bonchev–Trinajstić information content (AvgIpc) is 2.49. The van der Waals surface area contributed by atoms with Gasteiger partial charge in [0.2, 0.25) is 0 Å². The van der Waals surface area contributed by atoms with Crippen LogP contribution in [0.3, 0.4) is 0 Å². The second-order valence-electron chi connectivity index (χ2n) is 6.45. The minimum absolute atomic E-state index is 0.124. The molecule has 0 radical (unpaired) electrons. The highest BCUT2D eigenvalue weighted by Crippen LogP contribution is 2.21. The first-order valence-electron chi connectivity index (χ1n) is 7.89. The summed E-state index contributed by atoms with van der Waals surface area (Å²) in [6, 6.07) is 6.50. The molecular weight excluding hydrogens is 298 g/mol. The number of carboxylic acid groups (broad SMARTS) is 1. The number of hydrogen-bond acceptors (Lipinski definition) is 5. The van der Waals surface area contributed by atoms with Gasteiger partial charge in [0.05, 0.1) is 30.9 Å². The summed E-state index contributed by atoms with van der Waals surface area (Å²) in [6.07, 6.45) is -1.82. The molecule has 1 aliphatic heterocycles. The van der Waals surface area contributed by atoms with Gasteiger partial charge >= 0.3 is 5.97 Å². The first-order valence-corrected chi connectivity index (χ1v) is 7.89. The summed E-state index contributed by atoms with van der Waals surface area (Å²) in [5, 5.41) is 29.5. The van der Waals surface area contributed by atoms with Crippen LogP contribution in [-0.2, 0) is 11.3 Å². The Balaban J connectivity index is 2.24. The van der Waals surface area contributed by atoms with Gasteiger partial charge in [-0.05, 0) is 17.5 Å². The van der Waals surface area contributed by atoms with Gasteiger partial charge in [-0.3, -0.25) is 4.90 Å². The molecule has 1 aromatic carbocycles. The van der Waals surface area contributed by atoms with Gasteiger partial charge < -0.3 is 20.1 Å². The zero-order chi connectivity index (χ0) is 17.0. The van der Waals surface area contributed by atoms with Gasteiger partial charge in [0.25, 0.3) is 0 Å². The third-order valence-electron chi connectivity index (χ3n) is 4.06. The number of rotatable bonds is 6. The highest BCUT2D eigenvalue weighted by Gasteiger charge is 2.35. The van der Waals surface area contributed by atoms with E-state index >= 15 is 0 Å². The van der Waals surface area contributed by atoms with Crippen LogP contribution in [0.15, 0.2) is 24.3 Å². The molecule has 3 N–H and O–H groups in total. The number of aliphatic hydroxyl groups is 2. The average molecular weight is 323 g/mol. The first-order chi connectivity index (χ1) is 10.9. The number of carbonyl (C=O) groups is 1. The number of aliphatic hydroxyl groups excluding tert-OH is 2. The van der Waals surface area contributed by atoms with Crippen molar-refractivity contribution in [2.75, 3.05) is 19.8 Å². The van der Waals surface area contributed by atoms with Gasteiger partial charge in [-0.1, -0.05) is 32.0 Å². The van der Waals surface area contributed by atoms with Crippen LogP contribution < -0.4 is 0 Å². The van der Waals surface area contributed by atoms with Crippen molar-refractivity contribution < 1.29 is 24.9 Å². The predicted molar refractivity (Wildman–Crippen MR) is 85.3 cm³/mol. The minimum atomic E-state index is -0.967. The van der Waals surface area contributed by atoms with E-state index < -0.39 is 18.2 Å². The van der Waals surface area contributed by atoms with E-state index in [-0.39, 0.29) is 18.2 Å². The minimum Gasteiger partial charge on any atom is -0.478 e. The maximum absolute atomic E-state index is 11.4. The number of carboxylic acids is 1. The Bertz CT molecular complexity index is 533. The topological polar surface area (TPSA) is 90.2 Å². The maximum atomic E-state index is 11.4. The third kappa shape index (κ3) is 4.51. The molecule has 128 valence electrons. The Morgan fingerprint density at radius 1 is 1.30 bits per heavy atom.